The normalized spacial score (nSPS) is 10.4. The predicted octanol–water partition coefficient (Wildman–Crippen LogP) is 3.70. The van der Waals surface area contributed by atoms with Crippen molar-refractivity contribution < 1.29 is 14.3 Å². The van der Waals surface area contributed by atoms with Crippen LogP contribution in [0, 0.1) is 0 Å². The Labute approximate surface area is 152 Å². The quantitative estimate of drug-likeness (QED) is 0.735. The molecule has 0 bridgehead atoms. The highest BCUT2D eigenvalue weighted by Gasteiger charge is 2.17. The molecule has 0 aliphatic rings. The van der Waals surface area contributed by atoms with Gasteiger partial charge in [0.05, 0.1) is 37.4 Å². The molecule has 2 aromatic carbocycles. The summed E-state index contributed by atoms with van der Waals surface area (Å²) in [6, 6.07) is 15.0. The van der Waals surface area contributed by atoms with Gasteiger partial charge in [-0.05, 0) is 18.6 Å². The lowest BCUT2D eigenvalue weighted by Gasteiger charge is -2.11. The summed E-state index contributed by atoms with van der Waals surface area (Å²) in [6.07, 6.45) is 2.28. The van der Waals surface area contributed by atoms with Crippen LogP contribution in [0.4, 0.5) is 5.69 Å². The fourth-order valence-corrected chi connectivity index (χ4v) is 2.77. The number of amides is 1. The van der Waals surface area contributed by atoms with E-state index in [4.69, 9.17) is 9.47 Å². The monoisotopic (exact) mass is 351 g/mol. The van der Waals surface area contributed by atoms with Crippen LogP contribution in [0.2, 0.25) is 0 Å². The minimum absolute atomic E-state index is 0.223. The molecule has 1 N–H and O–H groups in total. The lowest BCUT2D eigenvalue weighted by Crippen LogP contribution is -2.14. The van der Waals surface area contributed by atoms with E-state index in [9.17, 15) is 4.79 Å². The molecule has 0 saturated carbocycles. The first kappa shape index (κ1) is 17.5. The van der Waals surface area contributed by atoms with Gasteiger partial charge < -0.3 is 14.8 Å². The van der Waals surface area contributed by atoms with Crippen LogP contribution in [0.15, 0.2) is 54.7 Å². The average Bonchev–Trinajstić information content (AvgIpc) is 3.12. The maximum absolute atomic E-state index is 12.8. The highest BCUT2D eigenvalue weighted by atomic mass is 16.5. The Bertz CT molecular complexity index is 882. The van der Waals surface area contributed by atoms with Gasteiger partial charge in [0.25, 0.3) is 5.91 Å². The first-order valence-corrected chi connectivity index (χ1v) is 8.33. The maximum atomic E-state index is 12.8. The zero-order chi connectivity index (χ0) is 18.5. The van der Waals surface area contributed by atoms with Gasteiger partial charge in [0.15, 0.2) is 0 Å². The zero-order valence-corrected chi connectivity index (χ0v) is 15.0. The Morgan fingerprint density at radius 2 is 1.73 bits per heavy atom. The molecule has 0 saturated heterocycles. The second-order valence-electron chi connectivity index (χ2n) is 5.66. The molecule has 134 valence electrons. The Kier molecular flexibility index (Phi) is 5.22. The number of methoxy groups -OCH3 is 2. The van der Waals surface area contributed by atoms with E-state index < -0.39 is 0 Å². The van der Waals surface area contributed by atoms with Gasteiger partial charge in [-0.1, -0.05) is 25.1 Å². The molecular formula is C20H21N3O3. The van der Waals surface area contributed by atoms with Gasteiger partial charge in [-0.3, -0.25) is 4.79 Å². The van der Waals surface area contributed by atoms with Crippen LogP contribution in [0.3, 0.4) is 0 Å². The standard InChI is InChI=1S/C20H21N3O3/c1-4-19-18(13-21-23(19)15-8-6-5-7-9-15)20(24)22-14-10-16(25-2)12-17(11-14)26-3/h5-13H,4H2,1-3H3,(H,22,24). The van der Waals surface area contributed by atoms with Crippen LogP contribution in [0.1, 0.15) is 23.0 Å². The van der Waals surface area contributed by atoms with Gasteiger partial charge >= 0.3 is 0 Å². The van der Waals surface area contributed by atoms with Crippen molar-refractivity contribution in [2.24, 2.45) is 0 Å². The molecule has 0 fully saturated rings. The van der Waals surface area contributed by atoms with Crippen molar-refractivity contribution in [3.8, 4) is 17.2 Å². The van der Waals surface area contributed by atoms with E-state index in [1.165, 1.54) is 0 Å². The minimum Gasteiger partial charge on any atom is -0.497 e. The third-order valence-corrected chi connectivity index (χ3v) is 4.06. The van der Waals surface area contributed by atoms with Crippen LogP contribution >= 0.6 is 0 Å². The molecular weight excluding hydrogens is 330 g/mol. The number of aromatic nitrogens is 2. The molecule has 6 nitrogen and oxygen atoms in total. The van der Waals surface area contributed by atoms with Crippen molar-refractivity contribution >= 4 is 11.6 Å². The van der Waals surface area contributed by atoms with E-state index in [2.05, 4.69) is 10.4 Å². The van der Waals surface area contributed by atoms with Gasteiger partial charge in [-0.2, -0.15) is 5.10 Å². The predicted molar refractivity (Wildman–Crippen MR) is 100 cm³/mol. The summed E-state index contributed by atoms with van der Waals surface area (Å²) >= 11 is 0. The summed E-state index contributed by atoms with van der Waals surface area (Å²) in [5, 5.41) is 7.29. The van der Waals surface area contributed by atoms with Crippen LogP contribution < -0.4 is 14.8 Å². The first-order chi connectivity index (χ1) is 12.7. The fourth-order valence-electron chi connectivity index (χ4n) is 2.77. The van der Waals surface area contributed by atoms with E-state index in [0.717, 1.165) is 11.4 Å². The van der Waals surface area contributed by atoms with Crippen molar-refractivity contribution in [3.05, 3.63) is 66.0 Å². The van der Waals surface area contributed by atoms with Gasteiger partial charge in [-0.15, -0.1) is 0 Å². The smallest absolute Gasteiger partial charge is 0.259 e. The van der Waals surface area contributed by atoms with Crippen molar-refractivity contribution in [2.45, 2.75) is 13.3 Å². The molecule has 0 spiro atoms. The van der Waals surface area contributed by atoms with Gasteiger partial charge in [0.1, 0.15) is 11.5 Å². The lowest BCUT2D eigenvalue weighted by atomic mass is 10.1. The molecule has 26 heavy (non-hydrogen) atoms. The first-order valence-electron chi connectivity index (χ1n) is 8.33. The van der Waals surface area contributed by atoms with E-state index in [1.807, 2.05) is 37.3 Å². The molecule has 3 aromatic rings. The Hall–Kier alpha value is -3.28. The fraction of sp³-hybridized carbons (Fsp3) is 0.200. The van der Waals surface area contributed by atoms with E-state index in [1.54, 1.807) is 43.3 Å². The third-order valence-electron chi connectivity index (χ3n) is 4.06. The van der Waals surface area contributed by atoms with E-state index in [-0.39, 0.29) is 5.91 Å². The number of anilines is 1. The highest BCUT2D eigenvalue weighted by Crippen LogP contribution is 2.26. The largest absolute Gasteiger partial charge is 0.497 e. The van der Waals surface area contributed by atoms with E-state index in [0.29, 0.717) is 29.2 Å². The molecule has 0 radical (unpaired) electrons. The van der Waals surface area contributed by atoms with E-state index >= 15 is 0 Å². The number of rotatable bonds is 6. The molecule has 1 aromatic heterocycles. The number of nitrogens with zero attached hydrogens (tertiary/aromatic N) is 2. The Morgan fingerprint density at radius 1 is 1.08 bits per heavy atom. The lowest BCUT2D eigenvalue weighted by molar-refractivity contribution is 0.102. The molecule has 0 aliphatic carbocycles. The summed E-state index contributed by atoms with van der Waals surface area (Å²) in [7, 11) is 3.14. The molecule has 1 heterocycles. The number of nitrogens with one attached hydrogen (secondary N) is 1. The Balaban J connectivity index is 1.90. The molecule has 0 atom stereocenters. The number of carbonyl (C=O) groups is 1. The van der Waals surface area contributed by atoms with Crippen molar-refractivity contribution in [1.29, 1.82) is 0 Å². The van der Waals surface area contributed by atoms with Gasteiger partial charge in [0.2, 0.25) is 0 Å². The number of benzene rings is 2. The Morgan fingerprint density at radius 3 is 2.31 bits per heavy atom. The molecule has 0 aliphatic heterocycles. The maximum Gasteiger partial charge on any atom is 0.259 e. The minimum atomic E-state index is -0.223. The summed E-state index contributed by atoms with van der Waals surface area (Å²) in [6.45, 7) is 2.00. The number of ether oxygens (including phenoxy) is 2. The zero-order valence-electron chi connectivity index (χ0n) is 15.0. The van der Waals surface area contributed by atoms with Crippen LogP contribution in [0.5, 0.6) is 11.5 Å². The van der Waals surface area contributed by atoms with Crippen molar-refractivity contribution in [3.63, 3.8) is 0 Å². The van der Waals surface area contributed by atoms with Gasteiger partial charge in [0, 0.05) is 23.9 Å². The molecule has 6 heteroatoms. The summed E-state index contributed by atoms with van der Waals surface area (Å²) in [5.41, 5.74) is 2.91. The summed E-state index contributed by atoms with van der Waals surface area (Å²) < 4.78 is 12.3. The number of para-hydroxylation sites is 1. The molecule has 3 rings (SSSR count). The van der Waals surface area contributed by atoms with Crippen LogP contribution in [-0.4, -0.2) is 29.9 Å². The molecule has 0 unspecified atom stereocenters. The van der Waals surface area contributed by atoms with Crippen molar-refractivity contribution in [2.75, 3.05) is 19.5 Å². The number of carbonyl (C=O) groups excluding carboxylic acids is 1. The highest BCUT2D eigenvalue weighted by molar-refractivity contribution is 6.05. The SMILES string of the molecule is CCc1c(C(=O)Nc2cc(OC)cc(OC)c2)cnn1-c1ccccc1. The third kappa shape index (κ3) is 3.54. The second-order valence-corrected chi connectivity index (χ2v) is 5.66. The van der Waals surface area contributed by atoms with Gasteiger partial charge in [-0.25, -0.2) is 4.68 Å². The topological polar surface area (TPSA) is 65.4 Å². The molecule has 1 amide bonds. The van der Waals surface area contributed by atoms with Crippen molar-refractivity contribution in [1.82, 2.24) is 9.78 Å². The summed E-state index contributed by atoms with van der Waals surface area (Å²) in [5.74, 6) is 0.991. The van der Waals surface area contributed by atoms with Crippen LogP contribution in [0.25, 0.3) is 5.69 Å². The number of hydrogen-bond acceptors (Lipinski definition) is 4. The second kappa shape index (κ2) is 7.74. The summed E-state index contributed by atoms with van der Waals surface area (Å²) in [4.78, 5) is 12.8. The van der Waals surface area contributed by atoms with Crippen LogP contribution in [-0.2, 0) is 6.42 Å². The average molecular weight is 351 g/mol. The number of hydrogen-bond donors (Lipinski definition) is 1.